The molecule has 0 unspecified atom stereocenters. The lowest BCUT2D eigenvalue weighted by Gasteiger charge is -2.38. The Labute approximate surface area is 301 Å². The summed E-state index contributed by atoms with van der Waals surface area (Å²) < 4.78 is 25.6. The molecule has 2 aromatic carbocycles. The number of likely N-dealkylation sites (tertiary alicyclic amines) is 2. The number of aromatic nitrogens is 5. The van der Waals surface area contributed by atoms with Gasteiger partial charge in [0.15, 0.2) is 5.82 Å². The smallest absolute Gasteiger partial charge is 0.246 e. The summed E-state index contributed by atoms with van der Waals surface area (Å²) in [7, 11) is 5.97. The third-order valence-electron chi connectivity index (χ3n) is 10.7. The molecule has 1 N–H and O–H groups in total. The molecule has 2 saturated heterocycles. The van der Waals surface area contributed by atoms with Crippen molar-refractivity contribution < 1.29 is 13.9 Å². The van der Waals surface area contributed by atoms with E-state index in [2.05, 4.69) is 28.2 Å². The summed E-state index contributed by atoms with van der Waals surface area (Å²) in [4.78, 5) is 24.1. The Morgan fingerprint density at radius 2 is 1.98 bits per heavy atom. The van der Waals surface area contributed by atoms with E-state index in [-0.39, 0.29) is 46.6 Å². The molecule has 266 valence electrons. The van der Waals surface area contributed by atoms with Crippen LogP contribution >= 0.6 is 11.6 Å². The van der Waals surface area contributed by atoms with Crippen LogP contribution in [0, 0.1) is 31.0 Å². The molecule has 2 aliphatic heterocycles. The van der Waals surface area contributed by atoms with E-state index in [0.717, 1.165) is 41.4 Å². The van der Waals surface area contributed by atoms with Crippen LogP contribution in [0.1, 0.15) is 49.3 Å². The minimum absolute atomic E-state index is 0.109. The van der Waals surface area contributed by atoms with Gasteiger partial charge in [-0.15, -0.1) is 0 Å². The maximum absolute atomic E-state index is 17.2. The molecule has 11 nitrogen and oxygen atoms in total. The van der Waals surface area contributed by atoms with E-state index in [4.69, 9.17) is 26.4 Å². The molecule has 0 saturated carbocycles. The number of likely N-dealkylation sites (N-methyl/N-ethyl adjacent to an activating group) is 2. The normalized spacial score (nSPS) is 20.1. The topological polar surface area (TPSA) is 119 Å². The number of amides is 1. The average Bonchev–Trinajstić information content (AvgIpc) is 3.86. The third kappa shape index (κ3) is 6.43. The number of nitrogens with zero attached hydrogens (tertiary/aromatic N) is 8. The minimum atomic E-state index is -0.543. The van der Waals surface area contributed by atoms with Crippen LogP contribution in [-0.4, -0.2) is 105 Å². The first-order valence-corrected chi connectivity index (χ1v) is 17.9. The zero-order valence-corrected chi connectivity index (χ0v) is 30.5. The largest absolute Gasteiger partial charge is 0.475 e. The van der Waals surface area contributed by atoms with Crippen LogP contribution in [0.4, 0.5) is 4.39 Å². The summed E-state index contributed by atoms with van der Waals surface area (Å²) in [5, 5.41) is 24.1. The number of aromatic amines is 1. The number of nitriles is 1. The number of aryl methyl sites for hydroxylation is 1. The van der Waals surface area contributed by atoms with E-state index in [1.165, 1.54) is 0 Å². The lowest BCUT2D eigenvalue weighted by atomic mass is 9.92. The summed E-state index contributed by atoms with van der Waals surface area (Å²) in [6.07, 6.45) is 10.3. The Bertz CT molecular complexity index is 2200. The van der Waals surface area contributed by atoms with E-state index in [1.54, 1.807) is 29.4 Å². The molecular weight excluding hydrogens is 669 g/mol. The number of fused-ring (bicyclic) bond motifs is 4. The molecule has 1 amide bonds. The number of carbonyl (C=O) groups is 1. The number of pyridine rings is 1. The predicted molar refractivity (Wildman–Crippen MR) is 197 cm³/mol. The van der Waals surface area contributed by atoms with Crippen molar-refractivity contribution in [3.8, 4) is 23.1 Å². The molecule has 0 spiro atoms. The van der Waals surface area contributed by atoms with Crippen molar-refractivity contribution in [2.24, 2.45) is 0 Å². The summed E-state index contributed by atoms with van der Waals surface area (Å²) in [5.41, 5.74) is 4.42. The lowest BCUT2D eigenvalue weighted by Crippen LogP contribution is -2.46. The van der Waals surface area contributed by atoms with Gasteiger partial charge in [-0.05, 0) is 90.5 Å². The highest BCUT2D eigenvalue weighted by Crippen LogP contribution is 2.44. The molecule has 3 atom stereocenters. The molecule has 13 heteroatoms. The second-order valence-electron chi connectivity index (χ2n) is 14.2. The van der Waals surface area contributed by atoms with Gasteiger partial charge >= 0.3 is 0 Å². The monoisotopic (exact) mass is 711 g/mol. The number of ether oxygens (including phenoxy) is 1. The van der Waals surface area contributed by atoms with Crippen LogP contribution in [0.2, 0.25) is 5.02 Å². The zero-order valence-electron chi connectivity index (χ0n) is 29.7. The van der Waals surface area contributed by atoms with Crippen molar-refractivity contribution in [1.82, 2.24) is 39.7 Å². The summed E-state index contributed by atoms with van der Waals surface area (Å²) in [6, 6.07) is 5.81. The van der Waals surface area contributed by atoms with Crippen LogP contribution in [0.3, 0.4) is 0 Å². The van der Waals surface area contributed by atoms with Crippen molar-refractivity contribution in [2.45, 2.75) is 64.1 Å². The second kappa shape index (κ2) is 14.2. The fraction of sp³-hybridized carbons (Fsp3) is 0.447. The first kappa shape index (κ1) is 34.9. The number of piperidine rings is 1. The Hall–Kier alpha value is -4.57. The van der Waals surface area contributed by atoms with Gasteiger partial charge in [0.25, 0.3) is 0 Å². The maximum atomic E-state index is 17.2. The molecule has 0 radical (unpaired) electrons. The van der Waals surface area contributed by atoms with Gasteiger partial charge in [0.2, 0.25) is 11.8 Å². The van der Waals surface area contributed by atoms with Gasteiger partial charge < -0.3 is 19.4 Å². The molecule has 0 bridgehead atoms. The molecule has 5 aromatic rings. The van der Waals surface area contributed by atoms with Gasteiger partial charge in [-0.1, -0.05) is 17.7 Å². The molecule has 3 aromatic heterocycles. The highest BCUT2D eigenvalue weighted by molar-refractivity contribution is 6.35. The number of rotatable bonds is 9. The van der Waals surface area contributed by atoms with E-state index in [9.17, 15) is 10.1 Å². The van der Waals surface area contributed by atoms with Gasteiger partial charge in [0.05, 0.1) is 52.4 Å². The van der Waals surface area contributed by atoms with Gasteiger partial charge in [0.1, 0.15) is 12.1 Å². The van der Waals surface area contributed by atoms with Crippen LogP contribution in [0.15, 0.2) is 36.7 Å². The molecule has 5 heterocycles. The minimum Gasteiger partial charge on any atom is -0.475 e. The lowest BCUT2D eigenvalue weighted by molar-refractivity contribution is -0.130. The molecular formula is C38H43ClFN9O2. The molecule has 0 aliphatic carbocycles. The van der Waals surface area contributed by atoms with Crippen molar-refractivity contribution in [1.29, 1.82) is 5.26 Å². The first-order chi connectivity index (χ1) is 24.6. The Balaban J connectivity index is 1.35. The van der Waals surface area contributed by atoms with Crippen LogP contribution in [0.25, 0.3) is 43.8 Å². The van der Waals surface area contributed by atoms with E-state index in [1.807, 2.05) is 49.7 Å². The van der Waals surface area contributed by atoms with E-state index >= 15 is 4.39 Å². The number of hydrogen-bond acceptors (Lipinski definition) is 8. The highest BCUT2D eigenvalue weighted by Gasteiger charge is 2.34. The number of hydrogen-bond donors (Lipinski definition) is 1. The van der Waals surface area contributed by atoms with Crippen LogP contribution < -0.4 is 4.74 Å². The van der Waals surface area contributed by atoms with Crippen LogP contribution in [-0.2, 0) is 4.79 Å². The van der Waals surface area contributed by atoms with Gasteiger partial charge in [0, 0.05) is 53.1 Å². The van der Waals surface area contributed by atoms with Gasteiger partial charge in [-0.3, -0.25) is 14.6 Å². The summed E-state index contributed by atoms with van der Waals surface area (Å²) in [5.74, 6) is -0.334. The Morgan fingerprint density at radius 3 is 2.73 bits per heavy atom. The van der Waals surface area contributed by atoms with Crippen molar-refractivity contribution in [3.05, 3.63) is 58.6 Å². The van der Waals surface area contributed by atoms with Crippen molar-refractivity contribution in [3.63, 3.8) is 0 Å². The highest BCUT2D eigenvalue weighted by atomic mass is 35.5. The third-order valence-corrected chi connectivity index (χ3v) is 11.0. The Morgan fingerprint density at radius 1 is 1.16 bits per heavy atom. The first-order valence-electron chi connectivity index (χ1n) is 17.5. The number of halogens is 2. The standard InChI is InChI=1S/C38H43ClFN9O2/c1-22-16-31-28(19-42-45-31)33(23(22)2)34-30(39)18-27-36(35(34)40)44-38(51-21-26-8-6-14-47(26)5)29-20-43-49(37(27)29)25-11-15-48(24(17-25)10-12-41)32(50)9-7-13-46(3)4/h7,9,16,18-20,24-26H,6,8,10-11,13-15,17,21H2,1-5H3,(H,42,45)/b9-7+/t24-,25+,26+/m1/s1. The van der Waals surface area contributed by atoms with E-state index in [0.29, 0.717) is 60.3 Å². The quantitative estimate of drug-likeness (QED) is 0.171. The van der Waals surface area contributed by atoms with Gasteiger partial charge in [-0.25, -0.2) is 9.37 Å². The number of nitrogens with one attached hydrogen (secondary N) is 1. The zero-order chi connectivity index (χ0) is 36.0. The van der Waals surface area contributed by atoms with Crippen LogP contribution in [0.5, 0.6) is 5.88 Å². The Kier molecular flexibility index (Phi) is 9.72. The van der Waals surface area contributed by atoms with Crippen molar-refractivity contribution >= 4 is 50.2 Å². The number of benzene rings is 2. The maximum Gasteiger partial charge on any atom is 0.246 e. The predicted octanol–water partition coefficient (Wildman–Crippen LogP) is 6.57. The van der Waals surface area contributed by atoms with E-state index < -0.39 is 5.82 Å². The fourth-order valence-corrected chi connectivity index (χ4v) is 8.07. The second-order valence-corrected chi connectivity index (χ2v) is 14.6. The molecule has 2 fully saturated rings. The molecule has 51 heavy (non-hydrogen) atoms. The summed E-state index contributed by atoms with van der Waals surface area (Å²) >= 11 is 7.07. The van der Waals surface area contributed by atoms with Crippen molar-refractivity contribution in [2.75, 3.05) is 47.4 Å². The molecule has 2 aliphatic rings. The average molecular weight is 712 g/mol. The summed E-state index contributed by atoms with van der Waals surface area (Å²) in [6.45, 7) is 6.45. The molecule has 7 rings (SSSR count). The fourth-order valence-electron chi connectivity index (χ4n) is 7.78. The number of H-pyrrole nitrogens is 1. The SMILES string of the molecule is Cc1cc2[nH]ncc2c(-c2c(Cl)cc3c(nc(OC[C@@H]4CCCN4C)c4cnn([C@H]5CCN(C(=O)/C=C/CN(C)C)[C@H](CC#N)C5)c43)c2F)c1C. The number of carbonyl (C=O) groups excluding carboxylic acids is 1. The van der Waals surface area contributed by atoms with Gasteiger partial charge in [-0.2, -0.15) is 15.5 Å².